The quantitative estimate of drug-likeness (QED) is 0.701. The van der Waals surface area contributed by atoms with Crippen molar-refractivity contribution in [3.8, 4) is 11.5 Å². The van der Waals surface area contributed by atoms with Gasteiger partial charge in [0.25, 0.3) is 0 Å². The SMILES string of the molecule is CC(=O)c1ccc(S(=O)(=O)NC2CCN(Cc3cc4c(cc3Cl)OCO4)C2)cc1. The number of nitrogens with zero attached hydrogens (tertiary/aromatic N) is 1. The van der Waals surface area contributed by atoms with Crippen LogP contribution in [0.3, 0.4) is 0 Å². The van der Waals surface area contributed by atoms with E-state index in [4.69, 9.17) is 21.1 Å². The molecular weight excluding hydrogens is 416 g/mol. The molecule has 2 aromatic carbocycles. The van der Waals surface area contributed by atoms with Crippen LogP contribution in [-0.2, 0) is 16.6 Å². The fourth-order valence-corrected chi connectivity index (χ4v) is 5.03. The molecule has 154 valence electrons. The van der Waals surface area contributed by atoms with Crippen molar-refractivity contribution >= 4 is 27.4 Å². The molecule has 0 amide bonds. The fourth-order valence-electron chi connectivity index (χ4n) is 3.55. The van der Waals surface area contributed by atoms with Gasteiger partial charge in [0.1, 0.15) is 0 Å². The number of carbonyl (C=O) groups is 1. The van der Waals surface area contributed by atoms with Crippen LogP contribution in [0.1, 0.15) is 29.3 Å². The first kappa shape index (κ1) is 20.2. The van der Waals surface area contributed by atoms with Crippen LogP contribution in [0.25, 0.3) is 0 Å². The predicted octanol–water partition coefficient (Wildman–Crippen LogP) is 2.82. The lowest BCUT2D eigenvalue weighted by Gasteiger charge is -2.18. The maximum absolute atomic E-state index is 12.7. The van der Waals surface area contributed by atoms with E-state index in [1.165, 1.54) is 31.2 Å². The largest absolute Gasteiger partial charge is 0.454 e. The summed E-state index contributed by atoms with van der Waals surface area (Å²) in [5.41, 5.74) is 1.40. The first-order valence-corrected chi connectivity index (χ1v) is 11.1. The zero-order valence-corrected chi connectivity index (χ0v) is 17.4. The van der Waals surface area contributed by atoms with Crippen molar-refractivity contribution in [2.24, 2.45) is 0 Å². The number of ketones is 1. The summed E-state index contributed by atoms with van der Waals surface area (Å²) < 4.78 is 38.8. The van der Waals surface area contributed by atoms with Gasteiger partial charge in [-0.15, -0.1) is 0 Å². The lowest BCUT2D eigenvalue weighted by Crippen LogP contribution is -2.37. The topological polar surface area (TPSA) is 84.9 Å². The van der Waals surface area contributed by atoms with Crippen molar-refractivity contribution in [3.63, 3.8) is 0 Å². The third-order valence-electron chi connectivity index (χ3n) is 5.10. The smallest absolute Gasteiger partial charge is 0.240 e. The third-order valence-corrected chi connectivity index (χ3v) is 6.99. The summed E-state index contributed by atoms with van der Waals surface area (Å²) >= 11 is 6.35. The van der Waals surface area contributed by atoms with Crippen LogP contribution in [0.2, 0.25) is 5.02 Å². The highest BCUT2D eigenvalue weighted by molar-refractivity contribution is 7.89. The van der Waals surface area contributed by atoms with Gasteiger partial charge < -0.3 is 9.47 Å². The average Bonchev–Trinajstić information content (AvgIpc) is 3.30. The number of benzene rings is 2. The van der Waals surface area contributed by atoms with Gasteiger partial charge >= 0.3 is 0 Å². The van der Waals surface area contributed by atoms with Crippen LogP contribution < -0.4 is 14.2 Å². The van der Waals surface area contributed by atoms with Crippen LogP contribution in [-0.4, -0.2) is 45.0 Å². The van der Waals surface area contributed by atoms with Gasteiger partial charge in [0, 0.05) is 42.3 Å². The van der Waals surface area contributed by atoms with Crippen molar-refractivity contribution in [1.82, 2.24) is 9.62 Å². The minimum absolute atomic E-state index is 0.101. The Morgan fingerprint density at radius 1 is 1.21 bits per heavy atom. The Hall–Kier alpha value is -2.13. The van der Waals surface area contributed by atoms with Gasteiger partial charge in [-0.25, -0.2) is 13.1 Å². The number of sulfonamides is 1. The van der Waals surface area contributed by atoms with Crippen molar-refractivity contribution in [1.29, 1.82) is 0 Å². The first-order valence-electron chi connectivity index (χ1n) is 9.25. The molecule has 4 rings (SSSR count). The molecule has 0 radical (unpaired) electrons. The van der Waals surface area contributed by atoms with Gasteiger partial charge in [0.05, 0.1) is 4.90 Å². The monoisotopic (exact) mass is 436 g/mol. The van der Waals surface area contributed by atoms with Gasteiger partial charge in [0.2, 0.25) is 16.8 Å². The number of ether oxygens (including phenoxy) is 2. The molecule has 1 atom stereocenters. The summed E-state index contributed by atoms with van der Waals surface area (Å²) in [5, 5.41) is 0.601. The molecule has 7 nitrogen and oxygen atoms in total. The highest BCUT2D eigenvalue weighted by atomic mass is 35.5. The number of likely N-dealkylation sites (tertiary alicyclic amines) is 1. The van der Waals surface area contributed by atoms with Gasteiger partial charge in [-0.1, -0.05) is 23.7 Å². The van der Waals surface area contributed by atoms with E-state index >= 15 is 0 Å². The van der Waals surface area contributed by atoms with E-state index in [0.717, 1.165) is 12.1 Å². The lowest BCUT2D eigenvalue weighted by molar-refractivity contribution is 0.101. The van der Waals surface area contributed by atoms with Crippen molar-refractivity contribution < 1.29 is 22.7 Å². The second-order valence-electron chi connectivity index (χ2n) is 7.22. The summed E-state index contributed by atoms with van der Waals surface area (Å²) in [6, 6.07) is 9.40. The summed E-state index contributed by atoms with van der Waals surface area (Å²) in [5.74, 6) is 1.21. The molecule has 0 aliphatic carbocycles. The van der Waals surface area contributed by atoms with Gasteiger partial charge in [-0.3, -0.25) is 9.69 Å². The number of rotatable bonds is 6. The Bertz CT molecular complexity index is 1040. The van der Waals surface area contributed by atoms with E-state index in [-0.39, 0.29) is 23.5 Å². The van der Waals surface area contributed by atoms with Crippen molar-refractivity contribution in [2.45, 2.75) is 30.8 Å². The summed E-state index contributed by atoms with van der Waals surface area (Å²) in [4.78, 5) is 13.7. The summed E-state index contributed by atoms with van der Waals surface area (Å²) in [7, 11) is -3.65. The Morgan fingerprint density at radius 2 is 1.90 bits per heavy atom. The molecule has 1 N–H and O–H groups in total. The van der Waals surface area contributed by atoms with Crippen LogP contribution >= 0.6 is 11.6 Å². The number of carbonyl (C=O) groups excluding carboxylic acids is 1. The number of nitrogens with one attached hydrogen (secondary N) is 1. The van der Waals surface area contributed by atoms with E-state index in [0.29, 0.717) is 41.6 Å². The van der Waals surface area contributed by atoms with Crippen LogP contribution in [0, 0.1) is 0 Å². The number of hydrogen-bond donors (Lipinski definition) is 1. The van der Waals surface area contributed by atoms with E-state index < -0.39 is 10.0 Å². The fraction of sp³-hybridized carbons (Fsp3) is 0.350. The van der Waals surface area contributed by atoms with Crippen LogP contribution in [0.4, 0.5) is 0 Å². The second kappa shape index (κ2) is 7.95. The Kier molecular flexibility index (Phi) is 5.52. The maximum Gasteiger partial charge on any atom is 0.240 e. The number of fused-ring (bicyclic) bond motifs is 1. The van der Waals surface area contributed by atoms with Crippen molar-refractivity contribution in [3.05, 3.63) is 52.5 Å². The van der Waals surface area contributed by atoms with Gasteiger partial charge in [-0.05, 0) is 37.1 Å². The standard InChI is InChI=1S/C20H21ClN2O5S/c1-13(24)14-2-4-17(5-3-14)29(25,26)22-16-6-7-23(11-16)10-15-8-19-20(9-18(15)21)28-12-27-19/h2-5,8-9,16,22H,6-7,10-12H2,1H3. The van der Waals surface area contributed by atoms with Gasteiger partial charge in [0.15, 0.2) is 17.3 Å². The highest BCUT2D eigenvalue weighted by Crippen LogP contribution is 2.37. The number of halogens is 1. The van der Waals surface area contributed by atoms with Crippen molar-refractivity contribution in [2.75, 3.05) is 19.9 Å². The molecule has 0 saturated carbocycles. The van der Waals surface area contributed by atoms with E-state index in [1.54, 1.807) is 6.07 Å². The molecule has 9 heteroatoms. The predicted molar refractivity (Wildman–Crippen MR) is 108 cm³/mol. The molecule has 1 unspecified atom stereocenters. The lowest BCUT2D eigenvalue weighted by atomic mass is 10.2. The second-order valence-corrected chi connectivity index (χ2v) is 9.34. The summed E-state index contributed by atoms with van der Waals surface area (Å²) in [6.45, 7) is 3.56. The third kappa shape index (κ3) is 4.40. The Balaban J connectivity index is 1.39. The molecule has 0 spiro atoms. The maximum atomic E-state index is 12.7. The Morgan fingerprint density at radius 3 is 2.59 bits per heavy atom. The number of Topliss-reactive ketones (excluding diaryl/α,β-unsaturated/α-hetero) is 1. The highest BCUT2D eigenvalue weighted by Gasteiger charge is 2.28. The molecule has 2 aliphatic heterocycles. The molecule has 2 aromatic rings. The molecule has 1 saturated heterocycles. The molecule has 0 bridgehead atoms. The molecule has 29 heavy (non-hydrogen) atoms. The first-order chi connectivity index (χ1) is 13.8. The average molecular weight is 437 g/mol. The van der Waals surface area contributed by atoms with Crippen LogP contribution in [0.5, 0.6) is 11.5 Å². The normalized spacial score (nSPS) is 18.9. The van der Waals surface area contributed by atoms with E-state index in [2.05, 4.69) is 9.62 Å². The minimum Gasteiger partial charge on any atom is -0.454 e. The molecular formula is C20H21ClN2O5S. The molecule has 2 heterocycles. The summed E-state index contributed by atoms with van der Waals surface area (Å²) in [6.07, 6.45) is 0.701. The van der Waals surface area contributed by atoms with E-state index in [1.807, 2.05) is 6.07 Å². The van der Waals surface area contributed by atoms with E-state index in [9.17, 15) is 13.2 Å². The zero-order valence-electron chi connectivity index (χ0n) is 15.9. The number of hydrogen-bond acceptors (Lipinski definition) is 6. The minimum atomic E-state index is -3.65. The molecule has 0 aromatic heterocycles. The van der Waals surface area contributed by atoms with Crippen LogP contribution in [0.15, 0.2) is 41.3 Å². The van der Waals surface area contributed by atoms with Gasteiger partial charge in [-0.2, -0.15) is 0 Å². The molecule has 1 fully saturated rings. The Labute approximate surface area is 174 Å². The molecule has 2 aliphatic rings. The zero-order chi connectivity index (χ0) is 20.6.